The highest BCUT2D eigenvalue weighted by Gasteiger charge is 2.04. The van der Waals surface area contributed by atoms with Gasteiger partial charge in [-0.3, -0.25) is 0 Å². The van der Waals surface area contributed by atoms with Crippen molar-refractivity contribution in [3.8, 4) is 6.01 Å². The largest absolute Gasteiger partial charge is 0.459 e. The topological polar surface area (TPSA) is 47.0 Å². The molecule has 72 valence electrons. The van der Waals surface area contributed by atoms with E-state index < -0.39 is 5.82 Å². The Morgan fingerprint density at radius 3 is 2.69 bits per heavy atom. The fourth-order valence-corrected chi connectivity index (χ4v) is 0.870. The van der Waals surface area contributed by atoms with Crippen LogP contribution in [0.3, 0.4) is 0 Å². The molecule has 0 saturated carbocycles. The number of hydrogen-bond donors (Lipinski definition) is 1. The van der Waals surface area contributed by atoms with Crippen LogP contribution in [0.25, 0.3) is 0 Å². The predicted octanol–water partition coefficient (Wildman–Crippen LogP) is 0.602. The first kappa shape index (κ1) is 9.85. The predicted molar refractivity (Wildman–Crippen MR) is 46.0 cm³/mol. The van der Waals surface area contributed by atoms with Crippen LogP contribution in [0.5, 0.6) is 6.01 Å². The number of ether oxygens (including phenoxy) is 1. The van der Waals surface area contributed by atoms with Crippen molar-refractivity contribution in [1.29, 1.82) is 0 Å². The highest BCUT2D eigenvalue weighted by Crippen LogP contribution is 2.03. The molecule has 1 aromatic rings. The Morgan fingerprint density at radius 2 is 2.15 bits per heavy atom. The second-order valence-corrected chi connectivity index (χ2v) is 2.67. The number of nitrogens with one attached hydrogen (secondary N) is 1. The number of hydrogen-bond acceptors (Lipinski definition) is 4. The average Bonchev–Trinajstić information content (AvgIpc) is 2.09. The summed E-state index contributed by atoms with van der Waals surface area (Å²) in [6, 6.07) is 0.198. The number of aromatic nitrogens is 2. The standard InChI is InChI=1S/C8H12FN3O/c1-6(3-10-2)13-8-11-4-7(9)5-12-8/h4-6,10H,3H2,1-2H3. The van der Waals surface area contributed by atoms with Crippen LogP contribution >= 0.6 is 0 Å². The van der Waals surface area contributed by atoms with Gasteiger partial charge >= 0.3 is 6.01 Å². The van der Waals surface area contributed by atoms with E-state index >= 15 is 0 Å². The quantitative estimate of drug-likeness (QED) is 0.746. The molecule has 4 nitrogen and oxygen atoms in total. The van der Waals surface area contributed by atoms with E-state index in [2.05, 4.69) is 15.3 Å². The van der Waals surface area contributed by atoms with Crippen LogP contribution in [-0.2, 0) is 0 Å². The zero-order valence-corrected chi connectivity index (χ0v) is 7.62. The van der Waals surface area contributed by atoms with E-state index in [9.17, 15) is 4.39 Å². The molecule has 1 aromatic heterocycles. The highest BCUT2D eigenvalue weighted by atomic mass is 19.1. The lowest BCUT2D eigenvalue weighted by molar-refractivity contribution is 0.201. The minimum absolute atomic E-state index is 0.0320. The molecule has 1 rings (SSSR count). The molecule has 0 radical (unpaired) electrons. The third-order valence-electron chi connectivity index (χ3n) is 1.39. The van der Waals surface area contributed by atoms with Crippen LogP contribution in [0, 0.1) is 5.82 Å². The molecule has 0 aliphatic carbocycles. The van der Waals surface area contributed by atoms with E-state index in [-0.39, 0.29) is 12.1 Å². The van der Waals surface area contributed by atoms with Gasteiger partial charge in [-0.05, 0) is 14.0 Å². The first-order valence-corrected chi connectivity index (χ1v) is 4.01. The molecular formula is C8H12FN3O. The normalized spacial score (nSPS) is 12.5. The van der Waals surface area contributed by atoms with Gasteiger partial charge in [0, 0.05) is 6.54 Å². The fraction of sp³-hybridized carbons (Fsp3) is 0.500. The van der Waals surface area contributed by atoms with Crippen molar-refractivity contribution in [2.45, 2.75) is 13.0 Å². The number of halogens is 1. The first-order valence-electron chi connectivity index (χ1n) is 4.01. The van der Waals surface area contributed by atoms with Crippen LogP contribution in [-0.4, -0.2) is 29.7 Å². The third-order valence-corrected chi connectivity index (χ3v) is 1.39. The minimum atomic E-state index is -0.464. The Hall–Kier alpha value is -1.23. The van der Waals surface area contributed by atoms with Gasteiger partial charge in [-0.15, -0.1) is 0 Å². The Labute approximate surface area is 76.2 Å². The smallest absolute Gasteiger partial charge is 0.316 e. The minimum Gasteiger partial charge on any atom is -0.459 e. The molecule has 0 fully saturated rings. The van der Waals surface area contributed by atoms with E-state index in [1.165, 1.54) is 0 Å². The van der Waals surface area contributed by atoms with Gasteiger partial charge in [0.15, 0.2) is 5.82 Å². The van der Waals surface area contributed by atoms with E-state index in [0.717, 1.165) is 12.4 Å². The first-order chi connectivity index (χ1) is 6.22. The summed E-state index contributed by atoms with van der Waals surface area (Å²) < 4.78 is 17.6. The summed E-state index contributed by atoms with van der Waals surface area (Å²) in [5, 5.41) is 2.94. The van der Waals surface area contributed by atoms with E-state index in [1.807, 2.05) is 14.0 Å². The molecule has 1 heterocycles. The van der Waals surface area contributed by atoms with Crippen LogP contribution in [0.2, 0.25) is 0 Å². The molecule has 1 N–H and O–H groups in total. The van der Waals surface area contributed by atoms with Crippen LogP contribution < -0.4 is 10.1 Å². The van der Waals surface area contributed by atoms with Gasteiger partial charge in [0.1, 0.15) is 6.10 Å². The summed E-state index contributed by atoms with van der Waals surface area (Å²) in [6.45, 7) is 2.57. The lowest BCUT2D eigenvalue weighted by atomic mass is 10.4. The molecular weight excluding hydrogens is 173 g/mol. The second kappa shape index (κ2) is 4.71. The average molecular weight is 185 g/mol. The molecule has 0 aliphatic rings. The summed E-state index contributed by atoms with van der Waals surface area (Å²) in [5.74, 6) is -0.464. The molecule has 1 unspecified atom stereocenters. The van der Waals surface area contributed by atoms with E-state index in [1.54, 1.807) is 0 Å². The Bertz CT molecular complexity index is 252. The molecule has 0 saturated heterocycles. The van der Waals surface area contributed by atoms with E-state index in [4.69, 9.17) is 4.74 Å². The molecule has 0 aliphatic heterocycles. The van der Waals surface area contributed by atoms with Gasteiger partial charge in [-0.2, -0.15) is 0 Å². The van der Waals surface area contributed by atoms with Gasteiger partial charge in [-0.1, -0.05) is 0 Å². The molecule has 0 aromatic carbocycles. The van der Waals surface area contributed by atoms with Crippen molar-refractivity contribution in [1.82, 2.24) is 15.3 Å². The monoisotopic (exact) mass is 185 g/mol. The lowest BCUT2D eigenvalue weighted by Crippen LogP contribution is -2.26. The highest BCUT2D eigenvalue weighted by molar-refractivity contribution is 4.96. The zero-order valence-electron chi connectivity index (χ0n) is 7.62. The molecule has 13 heavy (non-hydrogen) atoms. The molecule has 0 spiro atoms. The Kier molecular flexibility index (Phi) is 3.57. The molecule has 0 amide bonds. The molecule has 5 heteroatoms. The summed E-state index contributed by atoms with van der Waals surface area (Å²) in [7, 11) is 1.82. The number of likely N-dealkylation sites (N-methyl/N-ethyl adjacent to an activating group) is 1. The van der Waals surface area contributed by atoms with Crippen molar-refractivity contribution in [3.05, 3.63) is 18.2 Å². The number of nitrogens with zero attached hydrogens (tertiary/aromatic N) is 2. The van der Waals surface area contributed by atoms with Crippen LogP contribution in [0.1, 0.15) is 6.92 Å². The van der Waals surface area contributed by atoms with Crippen molar-refractivity contribution in [2.24, 2.45) is 0 Å². The Balaban J connectivity index is 2.49. The van der Waals surface area contributed by atoms with Gasteiger partial charge in [0.2, 0.25) is 0 Å². The van der Waals surface area contributed by atoms with Crippen molar-refractivity contribution < 1.29 is 9.13 Å². The third kappa shape index (κ3) is 3.33. The van der Waals surface area contributed by atoms with Gasteiger partial charge in [0.05, 0.1) is 12.4 Å². The summed E-state index contributed by atoms with van der Waals surface area (Å²) >= 11 is 0. The summed E-state index contributed by atoms with van der Waals surface area (Å²) in [6.07, 6.45) is 2.12. The van der Waals surface area contributed by atoms with Gasteiger partial charge in [-0.25, -0.2) is 14.4 Å². The summed E-state index contributed by atoms with van der Waals surface area (Å²) in [4.78, 5) is 7.33. The number of rotatable bonds is 4. The molecule has 1 atom stereocenters. The van der Waals surface area contributed by atoms with Crippen molar-refractivity contribution in [2.75, 3.05) is 13.6 Å². The molecule has 0 bridgehead atoms. The van der Waals surface area contributed by atoms with E-state index in [0.29, 0.717) is 6.54 Å². The maximum atomic E-state index is 12.4. The lowest BCUT2D eigenvalue weighted by Gasteiger charge is -2.11. The fourth-order valence-electron chi connectivity index (χ4n) is 0.870. The maximum absolute atomic E-state index is 12.4. The zero-order chi connectivity index (χ0) is 9.68. The SMILES string of the molecule is CNCC(C)Oc1ncc(F)cn1. The van der Waals surface area contributed by atoms with Crippen LogP contribution in [0.4, 0.5) is 4.39 Å². The van der Waals surface area contributed by atoms with Gasteiger partial charge in [0.25, 0.3) is 0 Å². The van der Waals surface area contributed by atoms with Crippen LogP contribution in [0.15, 0.2) is 12.4 Å². The van der Waals surface area contributed by atoms with Gasteiger partial charge < -0.3 is 10.1 Å². The maximum Gasteiger partial charge on any atom is 0.316 e. The van der Waals surface area contributed by atoms with Crippen molar-refractivity contribution >= 4 is 0 Å². The Morgan fingerprint density at radius 1 is 1.54 bits per heavy atom. The summed E-state index contributed by atoms with van der Waals surface area (Å²) in [5.41, 5.74) is 0. The van der Waals surface area contributed by atoms with Crippen molar-refractivity contribution in [3.63, 3.8) is 0 Å². The second-order valence-electron chi connectivity index (χ2n) is 2.67.